The molecule has 1 N–H and O–H groups in total. The Morgan fingerprint density at radius 2 is 1.81 bits per heavy atom. The van der Waals surface area contributed by atoms with Gasteiger partial charge in [-0.15, -0.1) is 10.2 Å². The van der Waals surface area contributed by atoms with E-state index in [0.717, 1.165) is 30.0 Å². The Hall–Kier alpha value is -3.28. The third-order valence-electron chi connectivity index (χ3n) is 4.15. The maximum Gasteiger partial charge on any atom is 0.276 e. The number of amides is 1. The molecule has 0 unspecified atom stereocenters. The molecule has 0 bridgehead atoms. The van der Waals surface area contributed by atoms with Gasteiger partial charge in [-0.2, -0.15) is 0 Å². The molecule has 0 spiro atoms. The zero-order valence-corrected chi connectivity index (χ0v) is 14.9. The lowest BCUT2D eigenvalue weighted by molar-refractivity contribution is 0.102. The van der Waals surface area contributed by atoms with E-state index in [0.29, 0.717) is 5.69 Å². The van der Waals surface area contributed by atoms with Crippen LogP contribution in [0.1, 0.15) is 21.6 Å². The molecule has 0 aliphatic rings. The van der Waals surface area contributed by atoms with Gasteiger partial charge in [0.15, 0.2) is 11.5 Å². The van der Waals surface area contributed by atoms with E-state index in [9.17, 15) is 4.79 Å². The van der Waals surface area contributed by atoms with Crippen LogP contribution in [-0.4, -0.2) is 34.7 Å². The van der Waals surface area contributed by atoms with Gasteiger partial charge in [0, 0.05) is 31.7 Å². The molecular formula is C20H21N5O. The lowest BCUT2D eigenvalue weighted by atomic mass is 10.2. The van der Waals surface area contributed by atoms with Gasteiger partial charge in [-0.3, -0.25) is 9.78 Å². The van der Waals surface area contributed by atoms with E-state index in [4.69, 9.17) is 0 Å². The maximum absolute atomic E-state index is 12.3. The first-order valence-corrected chi connectivity index (χ1v) is 8.44. The number of aromatic nitrogens is 3. The number of benzene rings is 1. The molecule has 132 valence electrons. The van der Waals surface area contributed by atoms with Crippen molar-refractivity contribution < 1.29 is 4.79 Å². The highest BCUT2D eigenvalue weighted by Crippen LogP contribution is 2.15. The normalized spacial score (nSPS) is 10.4. The highest BCUT2D eigenvalue weighted by atomic mass is 16.1. The van der Waals surface area contributed by atoms with Crippen LogP contribution in [-0.2, 0) is 6.42 Å². The van der Waals surface area contributed by atoms with E-state index < -0.39 is 0 Å². The van der Waals surface area contributed by atoms with Crippen molar-refractivity contribution >= 4 is 17.4 Å². The third-order valence-corrected chi connectivity index (χ3v) is 4.15. The quantitative estimate of drug-likeness (QED) is 0.742. The van der Waals surface area contributed by atoms with Crippen molar-refractivity contribution in [2.75, 3.05) is 23.8 Å². The fraction of sp³-hybridized carbons (Fsp3) is 0.200. The molecule has 3 rings (SSSR count). The van der Waals surface area contributed by atoms with Crippen molar-refractivity contribution in [3.8, 4) is 0 Å². The van der Waals surface area contributed by atoms with Crippen LogP contribution in [0.4, 0.5) is 11.5 Å². The molecule has 3 aromatic rings. The molecule has 0 saturated heterocycles. The predicted octanol–water partition coefficient (Wildman–Crippen LogP) is 3.11. The Kier molecular flexibility index (Phi) is 5.53. The summed E-state index contributed by atoms with van der Waals surface area (Å²) in [5, 5.41) is 11.1. The molecule has 2 heterocycles. The van der Waals surface area contributed by atoms with Crippen LogP contribution in [0.25, 0.3) is 0 Å². The second-order valence-corrected chi connectivity index (χ2v) is 6.07. The van der Waals surface area contributed by atoms with Crippen LogP contribution >= 0.6 is 0 Å². The number of aryl methyl sites for hydroxylation is 1. The van der Waals surface area contributed by atoms with E-state index in [1.54, 1.807) is 18.5 Å². The molecular weight excluding hydrogens is 326 g/mol. The van der Waals surface area contributed by atoms with Crippen LogP contribution < -0.4 is 10.2 Å². The van der Waals surface area contributed by atoms with E-state index in [1.165, 1.54) is 5.56 Å². The van der Waals surface area contributed by atoms with Crippen molar-refractivity contribution in [3.05, 3.63) is 77.7 Å². The highest BCUT2D eigenvalue weighted by Gasteiger charge is 2.11. The first kappa shape index (κ1) is 17.5. The van der Waals surface area contributed by atoms with Gasteiger partial charge in [0.05, 0.1) is 0 Å². The molecule has 1 aromatic carbocycles. The summed E-state index contributed by atoms with van der Waals surface area (Å²) >= 11 is 0. The summed E-state index contributed by atoms with van der Waals surface area (Å²) in [4.78, 5) is 18.4. The number of rotatable bonds is 6. The highest BCUT2D eigenvalue weighted by molar-refractivity contribution is 6.03. The molecule has 0 fully saturated rings. The van der Waals surface area contributed by atoms with Crippen LogP contribution in [0.15, 0.2) is 60.9 Å². The molecule has 0 aliphatic carbocycles. The third kappa shape index (κ3) is 4.42. The Balaban J connectivity index is 1.60. The molecule has 2 aromatic heterocycles. The molecule has 0 aliphatic heterocycles. The van der Waals surface area contributed by atoms with Gasteiger partial charge < -0.3 is 10.2 Å². The number of para-hydroxylation sites is 1. The van der Waals surface area contributed by atoms with Gasteiger partial charge in [0.2, 0.25) is 0 Å². The van der Waals surface area contributed by atoms with E-state index in [-0.39, 0.29) is 5.91 Å². The van der Waals surface area contributed by atoms with Crippen molar-refractivity contribution in [3.63, 3.8) is 0 Å². The average molecular weight is 347 g/mol. The van der Waals surface area contributed by atoms with Gasteiger partial charge in [-0.05, 0) is 54.8 Å². The summed E-state index contributed by atoms with van der Waals surface area (Å²) in [5.74, 6) is 0.462. The van der Waals surface area contributed by atoms with Crippen LogP contribution in [0.3, 0.4) is 0 Å². The number of likely N-dealkylation sites (N-methyl/N-ethyl adjacent to an activating group) is 1. The number of carbonyl (C=O) groups excluding carboxylic acids is 1. The van der Waals surface area contributed by atoms with Gasteiger partial charge in [-0.1, -0.05) is 18.2 Å². The first-order valence-electron chi connectivity index (χ1n) is 8.44. The Bertz CT molecular complexity index is 865. The predicted molar refractivity (Wildman–Crippen MR) is 102 cm³/mol. The standard InChI is InChI=1S/C20H21N5O/c1-15-5-3-4-6-17(15)22-20(26)18-7-8-19(24-23-18)25(2)14-11-16-9-12-21-13-10-16/h3-10,12-13H,11,14H2,1-2H3,(H,22,26). The van der Waals surface area contributed by atoms with Gasteiger partial charge in [0.1, 0.15) is 0 Å². The topological polar surface area (TPSA) is 71.0 Å². The Morgan fingerprint density at radius 1 is 1.04 bits per heavy atom. The molecule has 0 saturated carbocycles. The summed E-state index contributed by atoms with van der Waals surface area (Å²) < 4.78 is 0. The zero-order valence-electron chi connectivity index (χ0n) is 14.9. The molecule has 0 radical (unpaired) electrons. The minimum Gasteiger partial charge on any atom is -0.358 e. The van der Waals surface area contributed by atoms with Crippen molar-refractivity contribution in [2.45, 2.75) is 13.3 Å². The number of hydrogen-bond donors (Lipinski definition) is 1. The van der Waals surface area contributed by atoms with E-state index >= 15 is 0 Å². The van der Waals surface area contributed by atoms with E-state index in [1.807, 2.05) is 61.3 Å². The summed E-state index contributed by atoms with van der Waals surface area (Å²) in [6.45, 7) is 2.75. The molecule has 6 nitrogen and oxygen atoms in total. The fourth-order valence-corrected chi connectivity index (χ4v) is 2.51. The summed E-state index contributed by atoms with van der Waals surface area (Å²) in [7, 11) is 1.96. The summed E-state index contributed by atoms with van der Waals surface area (Å²) in [5.41, 5.74) is 3.28. The maximum atomic E-state index is 12.3. The summed E-state index contributed by atoms with van der Waals surface area (Å²) in [6.07, 6.45) is 4.46. The van der Waals surface area contributed by atoms with Crippen molar-refractivity contribution in [1.82, 2.24) is 15.2 Å². The summed E-state index contributed by atoms with van der Waals surface area (Å²) in [6, 6.07) is 15.1. The lowest BCUT2D eigenvalue weighted by Crippen LogP contribution is -2.22. The van der Waals surface area contributed by atoms with E-state index in [2.05, 4.69) is 20.5 Å². The minimum atomic E-state index is -0.266. The van der Waals surface area contributed by atoms with Gasteiger partial charge >= 0.3 is 0 Å². The first-order chi connectivity index (χ1) is 12.6. The van der Waals surface area contributed by atoms with Crippen LogP contribution in [0, 0.1) is 6.92 Å². The fourth-order valence-electron chi connectivity index (χ4n) is 2.51. The van der Waals surface area contributed by atoms with Gasteiger partial charge in [0.25, 0.3) is 5.91 Å². The number of carbonyl (C=O) groups is 1. The van der Waals surface area contributed by atoms with Crippen molar-refractivity contribution in [2.24, 2.45) is 0 Å². The largest absolute Gasteiger partial charge is 0.358 e. The molecule has 1 amide bonds. The van der Waals surface area contributed by atoms with Crippen LogP contribution in [0.5, 0.6) is 0 Å². The molecule has 6 heteroatoms. The molecule has 26 heavy (non-hydrogen) atoms. The Labute approximate surface area is 152 Å². The number of nitrogens with zero attached hydrogens (tertiary/aromatic N) is 4. The second-order valence-electron chi connectivity index (χ2n) is 6.07. The van der Waals surface area contributed by atoms with Gasteiger partial charge in [-0.25, -0.2) is 0 Å². The smallest absolute Gasteiger partial charge is 0.276 e. The van der Waals surface area contributed by atoms with Crippen molar-refractivity contribution in [1.29, 1.82) is 0 Å². The average Bonchev–Trinajstić information content (AvgIpc) is 2.69. The Morgan fingerprint density at radius 3 is 2.50 bits per heavy atom. The zero-order chi connectivity index (χ0) is 18.4. The monoisotopic (exact) mass is 347 g/mol. The second kappa shape index (κ2) is 8.20. The van der Waals surface area contributed by atoms with Crippen LogP contribution in [0.2, 0.25) is 0 Å². The minimum absolute atomic E-state index is 0.266. The lowest BCUT2D eigenvalue weighted by Gasteiger charge is -2.17. The number of nitrogens with one attached hydrogen (secondary N) is 1. The molecule has 0 atom stereocenters. The number of anilines is 2. The number of pyridine rings is 1. The number of hydrogen-bond acceptors (Lipinski definition) is 5. The SMILES string of the molecule is Cc1ccccc1NC(=O)c1ccc(N(C)CCc2ccncc2)nn1.